The summed E-state index contributed by atoms with van der Waals surface area (Å²) < 4.78 is 10.2. The molecule has 0 N–H and O–H groups in total. The third-order valence-electron chi connectivity index (χ3n) is 2.44. The Labute approximate surface area is 102 Å². The van der Waals surface area contributed by atoms with Crippen LogP contribution in [0.3, 0.4) is 0 Å². The Morgan fingerprint density at radius 3 is 2.19 bits per heavy atom. The highest BCUT2D eigenvalue weighted by atomic mass is 16.5. The van der Waals surface area contributed by atoms with E-state index in [0.29, 0.717) is 6.04 Å². The van der Waals surface area contributed by atoms with E-state index >= 15 is 0 Å². The summed E-state index contributed by atoms with van der Waals surface area (Å²) in [5, 5.41) is 0. The van der Waals surface area contributed by atoms with Gasteiger partial charge in [0, 0.05) is 26.8 Å². The van der Waals surface area contributed by atoms with Gasteiger partial charge in [-0.15, -0.1) is 0 Å². The van der Waals surface area contributed by atoms with E-state index in [4.69, 9.17) is 9.47 Å². The maximum atomic E-state index is 5.15. The first-order valence-corrected chi connectivity index (χ1v) is 6.60. The lowest BCUT2D eigenvalue weighted by Gasteiger charge is -2.22. The molecule has 0 aromatic heterocycles. The molecular weight excluding hydrogens is 202 g/mol. The summed E-state index contributed by atoms with van der Waals surface area (Å²) in [5.41, 5.74) is 0. The van der Waals surface area contributed by atoms with Gasteiger partial charge in [-0.3, -0.25) is 4.90 Å². The van der Waals surface area contributed by atoms with Crippen molar-refractivity contribution in [3.05, 3.63) is 0 Å². The molecule has 16 heavy (non-hydrogen) atoms. The fourth-order valence-corrected chi connectivity index (χ4v) is 1.78. The van der Waals surface area contributed by atoms with Crippen molar-refractivity contribution in [1.82, 2.24) is 4.90 Å². The van der Waals surface area contributed by atoms with Crippen LogP contribution in [0.4, 0.5) is 0 Å². The lowest BCUT2D eigenvalue weighted by Crippen LogP contribution is -2.35. The molecule has 1 rings (SSSR count). The fourth-order valence-electron chi connectivity index (χ4n) is 1.78. The Morgan fingerprint density at radius 2 is 1.69 bits per heavy atom. The van der Waals surface area contributed by atoms with Gasteiger partial charge in [0.25, 0.3) is 0 Å². The van der Waals surface area contributed by atoms with Crippen molar-refractivity contribution in [2.24, 2.45) is 0 Å². The number of ether oxygens (including phenoxy) is 2. The summed E-state index contributed by atoms with van der Waals surface area (Å²) in [6, 6.07) is 0.630. The van der Waals surface area contributed by atoms with Crippen LogP contribution in [-0.2, 0) is 9.47 Å². The minimum atomic E-state index is 0.630. The highest BCUT2D eigenvalue weighted by Gasteiger charge is 2.23. The molecule has 0 aliphatic carbocycles. The van der Waals surface area contributed by atoms with Crippen molar-refractivity contribution in [2.75, 3.05) is 40.5 Å². The van der Waals surface area contributed by atoms with E-state index in [1.54, 1.807) is 14.2 Å². The molecule has 0 amide bonds. The number of methoxy groups -OCH3 is 2. The summed E-state index contributed by atoms with van der Waals surface area (Å²) in [6.07, 6.45) is 2.58. The second-order valence-electron chi connectivity index (χ2n) is 3.28. The maximum Gasteiger partial charge on any atom is 0.0618 e. The quantitative estimate of drug-likeness (QED) is 0.729. The molecule has 3 heteroatoms. The predicted octanol–water partition coefficient (Wildman–Crippen LogP) is 2.80. The van der Waals surface area contributed by atoms with Gasteiger partial charge in [-0.05, 0) is 19.4 Å². The Morgan fingerprint density at radius 1 is 1.06 bits per heavy atom. The first kappa shape index (κ1) is 18.3. The van der Waals surface area contributed by atoms with Crippen molar-refractivity contribution in [1.29, 1.82) is 0 Å². The highest BCUT2D eigenvalue weighted by Crippen LogP contribution is 2.16. The molecule has 1 heterocycles. The van der Waals surface area contributed by atoms with Crippen LogP contribution in [0.25, 0.3) is 0 Å². The second-order valence-corrected chi connectivity index (χ2v) is 3.28. The first-order valence-electron chi connectivity index (χ1n) is 6.60. The molecule has 0 bridgehead atoms. The normalized spacial score (nSPS) is 19.5. The van der Waals surface area contributed by atoms with Crippen LogP contribution in [0.15, 0.2) is 0 Å². The van der Waals surface area contributed by atoms with Gasteiger partial charge in [0.2, 0.25) is 0 Å². The van der Waals surface area contributed by atoms with Crippen molar-refractivity contribution in [3.63, 3.8) is 0 Å². The predicted molar refractivity (Wildman–Crippen MR) is 71.0 cm³/mol. The molecule has 1 aliphatic rings. The Kier molecular flexibility index (Phi) is 17.0. The molecule has 1 unspecified atom stereocenters. The molecule has 1 atom stereocenters. The number of likely N-dealkylation sites (tertiary alicyclic amines) is 1. The summed E-state index contributed by atoms with van der Waals surface area (Å²) in [6.45, 7) is 12.0. The van der Waals surface area contributed by atoms with E-state index in [9.17, 15) is 0 Å². The average Bonchev–Trinajstić information content (AvgIpc) is 2.80. The van der Waals surface area contributed by atoms with Gasteiger partial charge >= 0.3 is 0 Å². The van der Waals surface area contributed by atoms with Gasteiger partial charge in [0.1, 0.15) is 0 Å². The number of nitrogens with zero attached hydrogens (tertiary/aromatic N) is 1. The first-order chi connectivity index (χ1) is 7.88. The molecule has 1 fully saturated rings. The second kappa shape index (κ2) is 14.9. The third kappa shape index (κ3) is 8.08. The summed E-state index contributed by atoms with van der Waals surface area (Å²) in [4.78, 5) is 2.45. The van der Waals surface area contributed by atoms with Crippen LogP contribution >= 0.6 is 0 Å². The number of hydrogen-bond acceptors (Lipinski definition) is 3. The summed E-state index contributed by atoms with van der Waals surface area (Å²) in [7, 11) is 3.52. The zero-order valence-corrected chi connectivity index (χ0v) is 12.1. The van der Waals surface area contributed by atoms with E-state index in [1.807, 2.05) is 27.7 Å². The van der Waals surface area contributed by atoms with Crippen LogP contribution in [0, 0.1) is 0 Å². The van der Waals surface area contributed by atoms with Crippen LogP contribution < -0.4 is 0 Å². The molecule has 3 nitrogen and oxygen atoms in total. The minimum absolute atomic E-state index is 0.630. The number of rotatable bonds is 5. The van der Waals surface area contributed by atoms with Crippen molar-refractivity contribution in [2.45, 2.75) is 46.6 Å². The molecule has 0 aromatic carbocycles. The fraction of sp³-hybridized carbons (Fsp3) is 1.00. The smallest absolute Gasteiger partial charge is 0.0618 e. The van der Waals surface area contributed by atoms with E-state index < -0.39 is 0 Å². The molecule has 100 valence electrons. The van der Waals surface area contributed by atoms with Gasteiger partial charge in [-0.2, -0.15) is 0 Å². The zero-order valence-electron chi connectivity index (χ0n) is 12.1. The molecule has 0 radical (unpaired) electrons. The average molecular weight is 233 g/mol. The molecule has 0 saturated carbocycles. The standard InChI is InChI=1S/C9H19NO2.2C2H6/c1-11-7-6-10-5-3-4-9(10)8-12-2;2*1-2/h9H,3-8H2,1-2H3;2*1-2H3. The van der Waals surface area contributed by atoms with Crippen molar-refractivity contribution < 1.29 is 9.47 Å². The Hall–Kier alpha value is -0.120. The van der Waals surface area contributed by atoms with Gasteiger partial charge < -0.3 is 9.47 Å². The van der Waals surface area contributed by atoms with Crippen LogP contribution in [0.1, 0.15) is 40.5 Å². The van der Waals surface area contributed by atoms with Crippen LogP contribution in [0.5, 0.6) is 0 Å². The monoisotopic (exact) mass is 233 g/mol. The number of hydrogen-bond donors (Lipinski definition) is 0. The van der Waals surface area contributed by atoms with E-state index in [0.717, 1.165) is 19.8 Å². The molecule has 0 spiro atoms. The van der Waals surface area contributed by atoms with Gasteiger partial charge in [-0.25, -0.2) is 0 Å². The lowest BCUT2D eigenvalue weighted by molar-refractivity contribution is 0.0911. The van der Waals surface area contributed by atoms with Gasteiger partial charge in [0.15, 0.2) is 0 Å². The van der Waals surface area contributed by atoms with E-state index in [2.05, 4.69) is 4.90 Å². The molecule has 1 aliphatic heterocycles. The third-order valence-corrected chi connectivity index (χ3v) is 2.44. The van der Waals surface area contributed by atoms with Crippen LogP contribution in [0.2, 0.25) is 0 Å². The van der Waals surface area contributed by atoms with Crippen molar-refractivity contribution >= 4 is 0 Å². The van der Waals surface area contributed by atoms with Crippen LogP contribution in [-0.4, -0.2) is 51.5 Å². The minimum Gasteiger partial charge on any atom is -0.383 e. The molecular formula is C13H31NO2. The largest absolute Gasteiger partial charge is 0.383 e. The van der Waals surface area contributed by atoms with Gasteiger partial charge in [-0.1, -0.05) is 27.7 Å². The Bertz CT molecular complexity index is 121. The van der Waals surface area contributed by atoms with E-state index in [1.165, 1.54) is 19.4 Å². The van der Waals surface area contributed by atoms with Crippen molar-refractivity contribution in [3.8, 4) is 0 Å². The molecule has 1 saturated heterocycles. The van der Waals surface area contributed by atoms with Gasteiger partial charge in [0.05, 0.1) is 13.2 Å². The summed E-state index contributed by atoms with van der Waals surface area (Å²) in [5.74, 6) is 0. The lowest BCUT2D eigenvalue weighted by atomic mass is 10.2. The maximum absolute atomic E-state index is 5.15. The molecule has 0 aromatic rings. The Balaban J connectivity index is 0. The van der Waals surface area contributed by atoms with E-state index in [-0.39, 0.29) is 0 Å². The zero-order chi connectivity index (χ0) is 12.8. The summed E-state index contributed by atoms with van der Waals surface area (Å²) >= 11 is 0. The SMILES string of the molecule is CC.CC.COCCN1CCCC1COC. The highest BCUT2D eigenvalue weighted by molar-refractivity contribution is 4.78. The topological polar surface area (TPSA) is 21.7 Å².